The van der Waals surface area contributed by atoms with Crippen molar-refractivity contribution in [1.29, 1.82) is 0 Å². The van der Waals surface area contributed by atoms with E-state index in [1.807, 2.05) is 30.3 Å². The van der Waals surface area contributed by atoms with Gasteiger partial charge in [-0.05, 0) is 5.56 Å². The lowest BCUT2D eigenvalue weighted by Crippen LogP contribution is -2.01. The molecule has 76 valence electrons. The second-order valence-corrected chi connectivity index (χ2v) is 3.11. The van der Waals surface area contributed by atoms with E-state index in [1.165, 1.54) is 6.26 Å². The van der Waals surface area contributed by atoms with Gasteiger partial charge in [0.25, 0.3) is 0 Å². The van der Waals surface area contributed by atoms with Crippen LogP contribution >= 0.6 is 0 Å². The predicted octanol–water partition coefficient (Wildman–Crippen LogP) is 1.97. The molecular formula is C11H9NO3. The molecular weight excluding hydrogens is 194 g/mol. The lowest BCUT2D eigenvalue weighted by atomic mass is 10.1. The Balaban J connectivity index is 2.37. The molecule has 0 amide bonds. The third-order valence-corrected chi connectivity index (χ3v) is 2.05. The minimum Gasteiger partial charge on any atom is -0.481 e. The molecule has 0 atom stereocenters. The topological polar surface area (TPSA) is 63.3 Å². The van der Waals surface area contributed by atoms with Crippen LogP contribution in [0.15, 0.2) is 41.1 Å². The van der Waals surface area contributed by atoms with E-state index in [1.54, 1.807) is 0 Å². The van der Waals surface area contributed by atoms with Gasteiger partial charge in [-0.1, -0.05) is 35.5 Å². The maximum absolute atomic E-state index is 10.6. The van der Waals surface area contributed by atoms with Crippen LogP contribution in [0.5, 0.6) is 0 Å². The summed E-state index contributed by atoms with van der Waals surface area (Å²) in [5.74, 6) is -0.916. The van der Waals surface area contributed by atoms with Gasteiger partial charge in [-0.25, -0.2) is 0 Å². The highest BCUT2D eigenvalue weighted by Crippen LogP contribution is 2.22. The van der Waals surface area contributed by atoms with Crippen molar-refractivity contribution in [3.63, 3.8) is 0 Å². The Labute approximate surface area is 86.1 Å². The van der Waals surface area contributed by atoms with E-state index < -0.39 is 5.97 Å². The smallest absolute Gasteiger partial charge is 0.309 e. The number of aromatic nitrogens is 1. The molecule has 1 aromatic heterocycles. The van der Waals surface area contributed by atoms with Crippen LogP contribution < -0.4 is 0 Å². The van der Waals surface area contributed by atoms with Crippen molar-refractivity contribution in [2.45, 2.75) is 6.42 Å². The second kappa shape index (κ2) is 3.96. The monoisotopic (exact) mass is 203 g/mol. The van der Waals surface area contributed by atoms with Gasteiger partial charge in [0.2, 0.25) is 0 Å². The van der Waals surface area contributed by atoms with Crippen LogP contribution in [0, 0.1) is 0 Å². The predicted molar refractivity (Wildman–Crippen MR) is 53.3 cm³/mol. The fourth-order valence-electron chi connectivity index (χ4n) is 1.38. The van der Waals surface area contributed by atoms with Gasteiger partial charge in [0.05, 0.1) is 6.42 Å². The molecule has 0 fully saturated rings. The molecule has 0 aliphatic rings. The molecule has 2 aromatic rings. The Hall–Kier alpha value is -2.10. The van der Waals surface area contributed by atoms with Crippen LogP contribution in [0.2, 0.25) is 0 Å². The van der Waals surface area contributed by atoms with E-state index in [-0.39, 0.29) is 6.42 Å². The Kier molecular flexibility index (Phi) is 2.49. The Morgan fingerprint density at radius 3 is 2.73 bits per heavy atom. The standard InChI is InChI=1S/C11H9NO3/c13-11(14)6-10-9(7-15-12-10)8-4-2-1-3-5-8/h1-5,7H,6H2,(H,13,14). The summed E-state index contributed by atoms with van der Waals surface area (Å²) in [6, 6.07) is 9.43. The van der Waals surface area contributed by atoms with E-state index in [0.29, 0.717) is 5.69 Å². The van der Waals surface area contributed by atoms with Crippen LogP contribution in [0.4, 0.5) is 0 Å². The normalized spacial score (nSPS) is 10.1. The van der Waals surface area contributed by atoms with Crippen LogP contribution in [-0.2, 0) is 11.2 Å². The fraction of sp³-hybridized carbons (Fsp3) is 0.0909. The number of nitrogens with zero attached hydrogens (tertiary/aromatic N) is 1. The first-order valence-electron chi connectivity index (χ1n) is 4.48. The molecule has 1 aromatic carbocycles. The molecule has 4 heteroatoms. The molecule has 0 unspecified atom stereocenters. The summed E-state index contributed by atoms with van der Waals surface area (Å²) in [5, 5.41) is 12.4. The largest absolute Gasteiger partial charge is 0.481 e. The maximum atomic E-state index is 10.6. The molecule has 0 radical (unpaired) electrons. The van der Waals surface area contributed by atoms with Gasteiger partial charge in [0.15, 0.2) is 0 Å². The van der Waals surface area contributed by atoms with Gasteiger partial charge < -0.3 is 9.63 Å². The zero-order valence-electron chi connectivity index (χ0n) is 7.88. The highest BCUT2D eigenvalue weighted by atomic mass is 16.5. The van der Waals surface area contributed by atoms with Gasteiger partial charge in [0.1, 0.15) is 12.0 Å². The zero-order chi connectivity index (χ0) is 10.7. The summed E-state index contributed by atoms with van der Waals surface area (Å²) in [6.07, 6.45) is 1.34. The van der Waals surface area contributed by atoms with E-state index in [2.05, 4.69) is 5.16 Å². The molecule has 0 saturated heterocycles. The fourth-order valence-corrected chi connectivity index (χ4v) is 1.38. The van der Waals surface area contributed by atoms with Crippen molar-refractivity contribution in [3.8, 4) is 11.1 Å². The third-order valence-electron chi connectivity index (χ3n) is 2.05. The van der Waals surface area contributed by atoms with Crippen molar-refractivity contribution >= 4 is 5.97 Å². The van der Waals surface area contributed by atoms with Crippen LogP contribution in [-0.4, -0.2) is 16.2 Å². The van der Waals surface area contributed by atoms with Gasteiger partial charge in [-0.2, -0.15) is 0 Å². The SMILES string of the molecule is O=C(O)Cc1nocc1-c1ccccc1. The minimum atomic E-state index is -0.916. The lowest BCUT2D eigenvalue weighted by Gasteiger charge is -1.97. The Bertz CT molecular complexity index is 462. The van der Waals surface area contributed by atoms with Gasteiger partial charge >= 0.3 is 5.97 Å². The minimum absolute atomic E-state index is 0.124. The number of carboxylic acid groups (broad SMARTS) is 1. The number of hydrogen-bond donors (Lipinski definition) is 1. The van der Waals surface area contributed by atoms with Crippen LogP contribution in [0.3, 0.4) is 0 Å². The van der Waals surface area contributed by atoms with Crippen molar-refractivity contribution in [2.24, 2.45) is 0 Å². The van der Waals surface area contributed by atoms with Crippen molar-refractivity contribution < 1.29 is 14.4 Å². The summed E-state index contributed by atoms with van der Waals surface area (Å²) >= 11 is 0. The first-order valence-corrected chi connectivity index (χ1v) is 4.48. The number of hydrogen-bond acceptors (Lipinski definition) is 3. The summed E-state index contributed by atoms with van der Waals surface area (Å²) in [5.41, 5.74) is 2.10. The molecule has 0 bridgehead atoms. The first kappa shape index (κ1) is 9.45. The maximum Gasteiger partial charge on any atom is 0.309 e. The molecule has 0 aliphatic carbocycles. The zero-order valence-corrected chi connectivity index (χ0v) is 7.88. The highest BCUT2D eigenvalue weighted by Gasteiger charge is 2.12. The second-order valence-electron chi connectivity index (χ2n) is 3.11. The van der Waals surface area contributed by atoms with Crippen molar-refractivity contribution in [3.05, 3.63) is 42.3 Å². The average Bonchev–Trinajstić information content (AvgIpc) is 2.66. The lowest BCUT2D eigenvalue weighted by molar-refractivity contribution is -0.136. The quantitative estimate of drug-likeness (QED) is 0.828. The summed E-state index contributed by atoms with van der Waals surface area (Å²) in [4.78, 5) is 10.6. The van der Waals surface area contributed by atoms with E-state index in [0.717, 1.165) is 11.1 Å². The summed E-state index contributed by atoms with van der Waals surface area (Å²) in [7, 11) is 0. The van der Waals surface area contributed by atoms with E-state index in [4.69, 9.17) is 9.63 Å². The molecule has 0 aliphatic heterocycles. The number of carbonyl (C=O) groups is 1. The molecule has 15 heavy (non-hydrogen) atoms. The van der Waals surface area contributed by atoms with Gasteiger partial charge in [-0.15, -0.1) is 0 Å². The number of aliphatic carboxylic acids is 1. The van der Waals surface area contributed by atoms with Gasteiger partial charge in [-0.3, -0.25) is 4.79 Å². The van der Waals surface area contributed by atoms with E-state index >= 15 is 0 Å². The Morgan fingerprint density at radius 2 is 2.07 bits per heavy atom. The highest BCUT2D eigenvalue weighted by molar-refractivity contribution is 5.74. The average molecular weight is 203 g/mol. The molecule has 1 heterocycles. The summed E-state index contributed by atoms with van der Waals surface area (Å²) in [6.45, 7) is 0. The van der Waals surface area contributed by atoms with Crippen LogP contribution in [0.25, 0.3) is 11.1 Å². The molecule has 1 N–H and O–H groups in total. The van der Waals surface area contributed by atoms with Crippen LogP contribution in [0.1, 0.15) is 5.69 Å². The first-order chi connectivity index (χ1) is 7.27. The molecule has 0 saturated carbocycles. The third kappa shape index (κ3) is 2.04. The number of rotatable bonds is 3. The molecule has 0 spiro atoms. The number of carboxylic acids is 1. The van der Waals surface area contributed by atoms with Crippen molar-refractivity contribution in [2.75, 3.05) is 0 Å². The molecule has 4 nitrogen and oxygen atoms in total. The Morgan fingerprint density at radius 1 is 1.33 bits per heavy atom. The van der Waals surface area contributed by atoms with Crippen molar-refractivity contribution in [1.82, 2.24) is 5.16 Å². The van der Waals surface area contributed by atoms with Gasteiger partial charge in [0, 0.05) is 5.56 Å². The molecule has 2 rings (SSSR count). The van der Waals surface area contributed by atoms with E-state index in [9.17, 15) is 4.79 Å². The number of benzene rings is 1. The summed E-state index contributed by atoms with van der Waals surface area (Å²) < 4.78 is 4.79.